The molecule has 0 aliphatic carbocycles. The van der Waals surface area contributed by atoms with Crippen molar-refractivity contribution in [2.45, 2.75) is 33.6 Å². The molecule has 0 aromatic heterocycles. The Labute approximate surface area is 134 Å². The van der Waals surface area contributed by atoms with Crippen molar-refractivity contribution in [3.63, 3.8) is 0 Å². The van der Waals surface area contributed by atoms with Crippen molar-refractivity contribution in [1.29, 1.82) is 0 Å². The fourth-order valence-electron chi connectivity index (χ4n) is 1.47. The predicted molar refractivity (Wildman–Crippen MR) is 90.1 cm³/mol. The summed E-state index contributed by atoms with van der Waals surface area (Å²) in [6, 6.07) is 0. The number of hydrogen-bond acceptors (Lipinski definition) is 3. The zero-order valence-electron chi connectivity index (χ0n) is 12.7. The standard InChI is InChI=1S/C13H27N3O2.HI/c1-6-8-9-16(4)13(14-7-2)15-10-11(3)12(17)18-5;/h11H,6-10H2,1-5H3,(H,14,15);1H. The molecule has 0 aliphatic heterocycles. The van der Waals surface area contributed by atoms with E-state index in [1.54, 1.807) is 0 Å². The monoisotopic (exact) mass is 385 g/mol. The van der Waals surface area contributed by atoms with Crippen molar-refractivity contribution in [2.24, 2.45) is 10.9 Å². The fraction of sp³-hybridized carbons (Fsp3) is 0.846. The van der Waals surface area contributed by atoms with Crippen LogP contribution in [0.5, 0.6) is 0 Å². The van der Waals surface area contributed by atoms with Crippen LogP contribution in [0.15, 0.2) is 4.99 Å². The molecule has 5 nitrogen and oxygen atoms in total. The van der Waals surface area contributed by atoms with E-state index in [1.165, 1.54) is 7.11 Å². The molecule has 0 heterocycles. The smallest absolute Gasteiger partial charge is 0.310 e. The maximum atomic E-state index is 11.3. The minimum atomic E-state index is -0.217. The summed E-state index contributed by atoms with van der Waals surface area (Å²) in [6.07, 6.45) is 2.29. The van der Waals surface area contributed by atoms with E-state index in [1.807, 2.05) is 20.9 Å². The topological polar surface area (TPSA) is 53.9 Å². The van der Waals surface area contributed by atoms with E-state index in [4.69, 9.17) is 0 Å². The zero-order chi connectivity index (χ0) is 14.0. The van der Waals surface area contributed by atoms with Crippen molar-refractivity contribution in [2.75, 3.05) is 33.8 Å². The first-order chi connectivity index (χ1) is 8.56. The van der Waals surface area contributed by atoms with Gasteiger partial charge in [-0.25, -0.2) is 0 Å². The summed E-state index contributed by atoms with van der Waals surface area (Å²) >= 11 is 0. The van der Waals surface area contributed by atoms with Gasteiger partial charge in [0.1, 0.15) is 0 Å². The number of guanidine groups is 1. The number of hydrogen-bond donors (Lipinski definition) is 1. The van der Waals surface area contributed by atoms with Gasteiger partial charge in [0.05, 0.1) is 19.6 Å². The number of aliphatic imine (C=N–C) groups is 1. The van der Waals surface area contributed by atoms with Gasteiger partial charge in [-0.15, -0.1) is 24.0 Å². The van der Waals surface area contributed by atoms with Gasteiger partial charge in [0, 0.05) is 20.1 Å². The summed E-state index contributed by atoms with van der Waals surface area (Å²) in [6.45, 7) is 8.26. The molecular formula is C13H28IN3O2. The van der Waals surface area contributed by atoms with Crippen LogP contribution < -0.4 is 5.32 Å². The Morgan fingerprint density at radius 1 is 1.42 bits per heavy atom. The fourth-order valence-corrected chi connectivity index (χ4v) is 1.47. The van der Waals surface area contributed by atoms with Crippen LogP contribution in [0, 0.1) is 5.92 Å². The molecule has 0 saturated carbocycles. The zero-order valence-corrected chi connectivity index (χ0v) is 15.1. The van der Waals surface area contributed by atoms with Gasteiger partial charge in [-0.2, -0.15) is 0 Å². The lowest BCUT2D eigenvalue weighted by Crippen LogP contribution is -2.39. The second kappa shape index (κ2) is 12.5. The van der Waals surface area contributed by atoms with Crippen molar-refractivity contribution in [1.82, 2.24) is 10.2 Å². The maximum Gasteiger partial charge on any atom is 0.310 e. The molecule has 1 unspecified atom stereocenters. The van der Waals surface area contributed by atoms with Crippen LogP contribution in [0.25, 0.3) is 0 Å². The lowest BCUT2D eigenvalue weighted by molar-refractivity contribution is -0.144. The van der Waals surface area contributed by atoms with E-state index in [-0.39, 0.29) is 35.9 Å². The van der Waals surface area contributed by atoms with Crippen molar-refractivity contribution >= 4 is 35.9 Å². The molecule has 1 N–H and O–H groups in total. The Balaban J connectivity index is 0. The van der Waals surface area contributed by atoms with Crippen LogP contribution in [0.4, 0.5) is 0 Å². The molecule has 114 valence electrons. The molecule has 6 heteroatoms. The van der Waals surface area contributed by atoms with Crippen LogP contribution in [-0.2, 0) is 9.53 Å². The van der Waals surface area contributed by atoms with Crippen molar-refractivity contribution in [3.05, 3.63) is 0 Å². The molecule has 0 saturated heterocycles. The summed E-state index contributed by atoms with van der Waals surface area (Å²) in [4.78, 5) is 17.9. The highest BCUT2D eigenvalue weighted by molar-refractivity contribution is 14.0. The van der Waals surface area contributed by atoms with Gasteiger partial charge in [0.15, 0.2) is 5.96 Å². The Hall–Kier alpha value is -0.530. The molecule has 0 amide bonds. The third-order valence-electron chi connectivity index (χ3n) is 2.66. The van der Waals surface area contributed by atoms with E-state index >= 15 is 0 Å². The molecule has 0 radical (unpaired) electrons. The summed E-state index contributed by atoms with van der Waals surface area (Å²) in [7, 11) is 3.42. The highest BCUT2D eigenvalue weighted by Gasteiger charge is 2.13. The first kappa shape index (κ1) is 20.8. The van der Waals surface area contributed by atoms with E-state index in [2.05, 4.69) is 26.9 Å². The summed E-state index contributed by atoms with van der Waals surface area (Å²) in [5.74, 6) is 0.427. The summed E-state index contributed by atoms with van der Waals surface area (Å²) < 4.78 is 4.69. The van der Waals surface area contributed by atoms with Crippen LogP contribution in [0.1, 0.15) is 33.6 Å². The van der Waals surface area contributed by atoms with E-state index in [0.29, 0.717) is 6.54 Å². The minimum absolute atomic E-state index is 0. The normalized spacial score (nSPS) is 12.4. The van der Waals surface area contributed by atoms with Gasteiger partial charge in [-0.1, -0.05) is 20.3 Å². The second-order valence-electron chi connectivity index (χ2n) is 4.39. The number of unbranched alkanes of at least 4 members (excludes halogenated alkanes) is 1. The van der Waals surface area contributed by atoms with Crippen molar-refractivity contribution in [3.8, 4) is 0 Å². The van der Waals surface area contributed by atoms with Crippen LogP contribution >= 0.6 is 24.0 Å². The number of ether oxygens (including phenoxy) is 1. The molecule has 19 heavy (non-hydrogen) atoms. The van der Waals surface area contributed by atoms with E-state index < -0.39 is 0 Å². The van der Waals surface area contributed by atoms with Gasteiger partial charge in [-0.05, 0) is 13.3 Å². The number of rotatable bonds is 7. The Bertz CT molecular complexity index is 273. The van der Waals surface area contributed by atoms with Gasteiger partial charge in [0.2, 0.25) is 0 Å². The molecule has 0 spiro atoms. The molecule has 0 aromatic carbocycles. The molecule has 1 atom stereocenters. The Morgan fingerprint density at radius 3 is 2.53 bits per heavy atom. The summed E-state index contributed by atoms with van der Waals surface area (Å²) in [5.41, 5.74) is 0. The number of carbonyl (C=O) groups is 1. The molecule has 0 rings (SSSR count). The molecule has 0 aliphatic rings. The van der Waals surface area contributed by atoms with E-state index in [0.717, 1.165) is 31.9 Å². The Morgan fingerprint density at radius 2 is 2.05 bits per heavy atom. The van der Waals surface area contributed by atoms with Gasteiger partial charge < -0.3 is 15.0 Å². The number of nitrogens with zero attached hydrogens (tertiary/aromatic N) is 2. The number of carbonyl (C=O) groups excluding carboxylic acids is 1. The number of methoxy groups -OCH3 is 1. The van der Waals surface area contributed by atoms with Gasteiger partial charge in [0.25, 0.3) is 0 Å². The lowest BCUT2D eigenvalue weighted by Gasteiger charge is -2.22. The minimum Gasteiger partial charge on any atom is -0.469 e. The van der Waals surface area contributed by atoms with Crippen LogP contribution in [0.2, 0.25) is 0 Å². The first-order valence-electron chi connectivity index (χ1n) is 6.64. The second-order valence-corrected chi connectivity index (χ2v) is 4.39. The lowest BCUT2D eigenvalue weighted by atomic mass is 10.2. The van der Waals surface area contributed by atoms with Crippen molar-refractivity contribution < 1.29 is 9.53 Å². The summed E-state index contributed by atoms with van der Waals surface area (Å²) in [5, 5.41) is 3.23. The van der Waals surface area contributed by atoms with Crippen LogP contribution in [-0.4, -0.2) is 50.6 Å². The number of halogens is 1. The maximum absolute atomic E-state index is 11.3. The quantitative estimate of drug-likeness (QED) is 0.316. The molecule has 0 fully saturated rings. The molecule has 0 aromatic rings. The Kier molecular flexibility index (Phi) is 13.7. The average molecular weight is 385 g/mol. The van der Waals surface area contributed by atoms with Gasteiger partial charge in [-0.3, -0.25) is 9.79 Å². The third-order valence-corrected chi connectivity index (χ3v) is 2.66. The third kappa shape index (κ3) is 9.07. The number of nitrogens with one attached hydrogen (secondary N) is 1. The molecular weight excluding hydrogens is 357 g/mol. The number of esters is 1. The highest BCUT2D eigenvalue weighted by Crippen LogP contribution is 2.00. The average Bonchev–Trinajstić information content (AvgIpc) is 2.39. The van der Waals surface area contributed by atoms with Crippen LogP contribution in [0.3, 0.4) is 0 Å². The SMILES string of the molecule is CCCCN(C)C(=NCC(C)C(=O)OC)NCC.I. The first-order valence-corrected chi connectivity index (χ1v) is 6.64. The predicted octanol–water partition coefficient (Wildman–Crippen LogP) is 2.11. The molecule has 0 bridgehead atoms. The highest BCUT2D eigenvalue weighted by atomic mass is 127. The largest absolute Gasteiger partial charge is 0.469 e. The van der Waals surface area contributed by atoms with Gasteiger partial charge >= 0.3 is 5.97 Å². The van der Waals surface area contributed by atoms with E-state index in [9.17, 15) is 4.79 Å².